The van der Waals surface area contributed by atoms with Gasteiger partial charge in [0.05, 0.1) is 0 Å². The van der Waals surface area contributed by atoms with E-state index in [1.165, 1.54) is 32.9 Å². The van der Waals surface area contributed by atoms with Gasteiger partial charge in [0.15, 0.2) is 0 Å². The monoisotopic (exact) mass is 359 g/mol. The van der Waals surface area contributed by atoms with Crippen molar-refractivity contribution >= 4 is 21.8 Å². The summed E-state index contributed by atoms with van der Waals surface area (Å²) in [6, 6.07) is 13.3. The molecule has 0 fully saturated rings. The van der Waals surface area contributed by atoms with Crippen LogP contribution in [0.3, 0.4) is 0 Å². The van der Waals surface area contributed by atoms with Crippen LogP contribution in [0.15, 0.2) is 36.4 Å². The van der Waals surface area contributed by atoms with Gasteiger partial charge in [-0.2, -0.15) is 0 Å². The molecule has 0 bridgehead atoms. The summed E-state index contributed by atoms with van der Waals surface area (Å²) in [5.74, 6) is 0. The number of aryl methyl sites for hydroxylation is 3. The maximum absolute atomic E-state index is 2.28. The van der Waals surface area contributed by atoms with Crippen molar-refractivity contribution < 1.29 is 0 Å². The van der Waals surface area contributed by atoms with E-state index in [9.17, 15) is 0 Å². The van der Waals surface area contributed by atoms with E-state index in [0.29, 0.717) is 0 Å². The fourth-order valence-corrected chi connectivity index (χ4v) is 2.42. The van der Waals surface area contributed by atoms with Crippen LogP contribution in [0, 0.1) is 13.8 Å². The Morgan fingerprint density at radius 2 is 0.769 bits per heavy atom. The highest BCUT2D eigenvalue weighted by molar-refractivity contribution is 6.08. The van der Waals surface area contributed by atoms with E-state index in [-0.39, 0.29) is 0 Å². The highest BCUT2D eigenvalue weighted by Gasteiger charge is 2.07. The molecule has 0 unspecified atom stereocenters. The summed E-state index contributed by atoms with van der Waals surface area (Å²) in [5.41, 5.74) is 5.27. The van der Waals surface area contributed by atoms with Crippen LogP contribution in [0.5, 0.6) is 0 Å². The van der Waals surface area contributed by atoms with Gasteiger partial charge >= 0.3 is 0 Å². The van der Waals surface area contributed by atoms with Crippen molar-refractivity contribution in [1.29, 1.82) is 0 Å². The molecular formula is C25H45N. The van der Waals surface area contributed by atoms with Crippen LogP contribution in [0.2, 0.25) is 0 Å². The summed E-state index contributed by atoms with van der Waals surface area (Å²) >= 11 is 0. The molecule has 0 aliphatic carbocycles. The van der Waals surface area contributed by atoms with E-state index in [4.69, 9.17) is 0 Å². The van der Waals surface area contributed by atoms with Gasteiger partial charge in [0.25, 0.3) is 0 Å². The third-order valence-corrected chi connectivity index (χ3v) is 3.32. The SMILES string of the molecule is CC.CC.CC.CC.CC.Cc1ccc2c3ccc(C)cc3n(C)c2c1. The number of benzene rings is 2. The van der Waals surface area contributed by atoms with Crippen LogP contribution in [-0.2, 0) is 7.05 Å². The van der Waals surface area contributed by atoms with Crippen molar-refractivity contribution in [3.8, 4) is 0 Å². The van der Waals surface area contributed by atoms with Crippen molar-refractivity contribution in [3.63, 3.8) is 0 Å². The number of rotatable bonds is 0. The summed E-state index contributed by atoms with van der Waals surface area (Å²) < 4.78 is 2.28. The lowest BCUT2D eigenvalue weighted by molar-refractivity contribution is 1.01. The van der Waals surface area contributed by atoms with Crippen LogP contribution >= 0.6 is 0 Å². The van der Waals surface area contributed by atoms with Crippen molar-refractivity contribution in [3.05, 3.63) is 47.5 Å². The first-order chi connectivity index (χ1) is 12.7. The quantitative estimate of drug-likeness (QED) is 0.377. The summed E-state index contributed by atoms with van der Waals surface area (Å²) in [6.45, 7) is 24.3. The predicted octanol–water partition coefficient (Wildman–Crippen LogP) is 9.08. The second-order valence-corrected chi connectivity index (χ2v) is 4.60. The van der Waals surface area contributed by atoms with Crippen LogP contribution in [0.25, 0.3) is 21.8 Å². The third kappa shape index (κ3) is 7.64. The summed E-state index contributed by atoms with van der Waals surface area (Å²) in [5, 5.41) is 2.70. The van der Waals surface area contributed by atoms with Gasteiger partial charge in [0.1, 0.15) is 0 Å². The number of hydrogen-bond donors (Lipinski definition) is 0. The smallest absolute Gasteiger partial charge is 0.0491 e. The van der Waals surface area contributed by atoms with Gasteiger partial charge in [0.2, 0.25) is 0 Å². The first kappa shape index (κ1) is 29.0. The van der Waals surface area contributed by atoms with E-state index >= 15 is 0 Å². The van der Waals surface area contributed by atoms with Crippen LogP contribution in [0.1, 0.15) is 80.4 Å². The normalized spacial score (nSPS) is 8.19. The van der Waals surface area contributed by atoms with Crippen molar-refractivity contribution in [2.45, 2.75) is 83.1 Å². The molecule has 1 heterocycles. The maximum Gasteiger partial charge on any atom is 0.0491 e. The first-order valence-electron chi connectivity index (χ1n) is 10.6. The molecule has 150 valence electrons. The molecule has 0 saturated carbocycles. The van der Waals surface area contributed by atoms with Gasteiger partial charge in [-0.25, -0.2) is 0 Å². The standard InChI is InChI=1S/C15H15N.5C2H6/c1-10-4-6-12-13-7-5-11(2)9-15(13)16(3)14(12)8-10;5*1-2/h4-9H,1-3H3;5*1-2H3. The molecule has 3 rings (SSSR count). The van der Waals surface area contributed by atoms with Gasteiger partial charge in [-0.05, 0) is 37.1 Å². The summed E-state index contributed by atoms with van der Waals surface area (Å²) in [6.07, 6.45) is 0. The fourth-order valence-electron chi connectivity index (χ4n) is 2.42. The second-order valence-electron chi connectivity index (χ2n) is 4.60. The Labute approximate surface area is 164 Å². The van der Waals surface area contributed by atoms with Crippen LogP contribution in [0.4, 0.5) is 0 Å². The molecular weight excluding hydrogens is 314 g/mol. The topological polar surface area (TPSA) is 4.93 Å². The summed E-state index contributed by atoms with van der Waals surface area (Å²) in [4.78, 5) is 0. The minimum absolute atomic E-state index is 1.31. The zero-order valence-electron chi connectivity index (χ0n) is 19.9. The number of fused-ring (bicyclic) bond motifs is 3. The molecule has 1 nitrogen and oxygen atoms in total. The van der Waals surface area contributed by atoms with Crippen molar-refractivity contribution in [2.75, 3.05) is 0 Å². The van der Waals surface area contributed by atoms with Crippen molar-refractivity contribution in [1.82, 2.24) is 4.57 Å². The lowest BCUT2D eigenvalue weighted by Gasteiger charge is -1.99. The number of nitrogens with zero attached hydrogens (tertiary/aromatic N) is 1. The van der Waals surface area contributed by atoms with E-state index in [1.54, 1.807) is 0 Å². The first-order valence-corrected chi connectivity index (χ1v) is 10.6. The Balaban J connectivity index is -0.000000462. The molecule has 1 aromatic heterocycles. The predicted molar refractivity (Wildman–Crippen MR) is 127 cm³/mol. The number of aromatic nitrogens is 1. The molecule has 2 aromatic carbocycles. The second kappa shape index (κ2) is 18.0. The molecule has 0 amide bonds. The van der Waals surface area contributed by atoms with Gasteiger partial charge < -0.3 is 4.57 Å². The zero-order chi connectivity index (χ0) is 21.3. The molecule has 3 aromatic rings. The lowest BCUT2D eigenvalue weighted by atomic mass is 10.1. The van der Waals surface area contributed by atoms with E-state index < -0.39 is 0 Å². The molecule has 0 N–H and O–H groups in total. The minimum Gasteiger partial charge on any atom is -0.344 e. The number of hydrogen-bond acceptors (Lipinski definition) is 0. The Hall–Kier alpha value is -1.76. The molecule has 0 radical (unpaired) electrons. The Bertz CT molecular complexity index is 631. The molecule has 0 aliphatic heterocycles. The Morgan fingerprint density at radius 1 is 0.500 bits per heavy atom. The average Bonchev–Trinajstić information content (AvgIpc) is 3.01. The molecule has 0 spiro atoms. The maximum atomic E-state index is 2.28. The molecule has 0 atom stereocenters. The highest BCUT2D eigenvalue weighted by Crippen LogP contribution is 2.29. The van der Waals surface area contributed by atoms with Crippen molar-refractivity contribution in [2.24, 2.45) is 7.05 Å². The van der Waals surface area contributed by atoms with Gasteiger partial charge in [0, 0.05) is 28.9 Å². The van der Waals surface area contributed by atoms with Crippen LogP contribution in [-0.4, -0.2) is 4.57 Å². The molecule has 0 aliphatic rings. The van der Waals surface area contributed by atoms with Gasteiger partial charge in [-0.15, -0.1) is 0 Å². The van der Waals surface area contributed by atoms with Gasteiger partial charge in [-0.3, -0.25) is 0 Å². The largest absolute Gasteiger partial charge is 0.344 e. The van der Waals surface area contributed by atoms with E-state index in [2.05, 4.69) is 61.9 Å². The van der Waals surface area contributed by atoms with E-state index in [0.717, 1.165) is 0 Å². The van der Waals surface area contributed by atoms with Crippen LogP contribution < -0.4 is 0 Å². The van der Waals surface area contributed by atoms with Gasteiger partial charge in [-0.1, -0.05) is 93.5 Å². The summed E-state index contributed by atoms with van der Waals surface area (Å²) in [7, 11) is 2.14. The fraction of sp³-hybridized carbons (Fsp3) is 0.520. The third-order valence-electron chi connectivity index (χ3n) is 3.32. The Morgan fingerprint density at radius 3 is 1.04 bits per heavy atom. The van der Waals surface area contributed by atoms with E-state index in [1.807, 2.05) is 69.2 Å². The molecule has 1 heteroatoms. The molecule has 26 heavy (non-hydrogen) atoms. The average molecular weight is 360 g/mol. The lowest BCUT2D eigenvalue weighted by Crippen LogP contribution is -1.87. The Kier molecular flexibility index (Phi) is 20.1. The molecule has 0 saturated heterocycles. The zero-order valence-corrected chi connectivity index (χ0v) is 19.9. The highest BCUT2D eigenvalue weighted by atomic mass is 14.9. The minimum atomic E-state index is 1.31.